The van der Waals surface area contributed by atoms with Crippen molar-refractivity contribution in [3.8, 4) is 0 Å². The van der Waals surface area contributed by atoms with E-state index in [1.54, 1.807) is 0 Å². The predicted octanol–water partition coefficient (Wildman–Crippen LogP) is 6.25. The maximum absolute atomic E-state index is 6.94. The van der Waals surface area contributed by atoms with Crippen LogP contribution in [-0.4, -0.2) is 0 Å². The minimum absolute atomic E-state index is 0.215. The van der Waals surface area contributed by atoms with Crippen LogP contribution in [0.1, 0.15) is 66.6 Å². The van der Waals surface area contributed by atoms with Crippen molar-refractivity contribution in [3.05, 3.63) is 21.4 Å². The first-order valence-electron chi connectivity index (χ1n) is 7.15. The fourth-order valence-corrected chi connectivity index (χ4v) is 5.25. The highest BCUT2D eigenvalue weighted by atomic mass is 35.5. The van der Waals surface area contributed by atoms with Crippen LogP contribution in [0.3, 0.4) is 0 Å². The van der Waals surface area contributed by atoms with Crippen molar-refractivity contribution < 1.29 is 0 Å². The molecule has 102 valence electrons. The van der Waals surface area contributed by atoms with Crippen LogP contribution in [0.2, 0.25) is 0 Å². The molecule has 1 saturated carbocycles. The van der Waals surface area contributed by atoms with Gasteiger partial charge < -0.3 is 0 Å². The first-order chi connectivity index (χ1) is 8.44. The van der Waals surface area contributed by atoms with E-state index in [1.807, 2.05) is 11.3 Å². The molecular formula is C16H25ClS. The lowest BCUT2D eigenvalue weighted by molar-refractivity contribution is 0.223. The molecule has 1 aromatic rings. The maximum Gasteiger partial charge on any atom is 0.0652 e. The van der Waals surface area contributed by atoms with Crippen molar-refractivity contribution in [2.45, 2.75) is 65.2 Å². The second-order valence-corrected chi connectivity index (χ2v) is 8.30. The topological polar surface area (TPSA) is 0 Å². The molecule has 1 heterocycles. The summed E-state index contributed by atoms with van der Waals surface area (Å²) < 4.78 is 0. The van der Waals surface area contributed by atoms with Crippen LogP contribution >= 0.6 is 22.9 Å². The van der Waals surface area contributed by atoms with E-state index in [9.17, 15) is 0 Å². The van der Waals surface area contributed by atoms with Crippen LogP contribution < -0.4 is 0 Å². The number of rotatable bonds is 4. The second kappa shape index (κ2) is 5.54. The molecule has 1 atom stereocenters. The lowest BCUT2D eigenvalue weighted by Gasteiger charge is -2.36. The highest BCUT2D eigenvalue weighted by Gasteiger charge is 2.42. The van der Waals surface area contributed by atoms with Gasteiger partial charge in [-0.15, -0.1) is 22.9 Å². The fourth-order valence-electron chi connectivity index (χ4n) is 3.69. The monoisotopic (exact) mass is 284 g/mol. The third-order valence-corrected chi connectivity index (χ3v) is 5.98. The van der Waals surface area contributed by atoms with Gasteiger partial charge in [-0.05, 0) is 56.1 Å². The van der Waals surface area contributed by atoms with E-state index in [2.05, 4.69) is 33.8 Å². The molecule has 0 N–H and O–H groups in total. The van der Waals surface area contributed by atoms with E-state index in [1.165, 1.54) is 47.4 Å². The summed E-state index contributed by atoms with van der Waals surface area (Å²) in [6.45, 7) is 9.07. The third kappa shape index (κ3) is 2.77. The Hall–Kier alpha value is -0.0100. The Morgan fingerprint density at radius 2 is 1.89 bits per heavy atom. The molecule has 0 saturated heterocycles. The van der Waals surface area contributed by atoms with Crippen molar-refractivity contribution in [3.63, 3.8) is 0 Å². The summed E-state index contributed by atoms with van der Waals surface area (Å²) in [5.41, 5.74) is 1.76. The van der Waals surface area contributed by atoms with Gasteiger partial charge in [-0.2, -0.15) is 0 Å². The van der Waals surface area contributed by atoms with Gasteiger partial charge in [0.2, 0.25) is 0 Å². The molecule has 0 radical (unpaired) electrons. The maximum atomic E-state index is 6.94. The summed E-state index contributed by atoms with van der Waals surface area (Å²) in [7, 11) is 0. The Morgan fingerprint density at radius 1 is 1.28 bits per heavy atom. The molecule has 1 aliphatic carbocycles. The molecule has 1 unspecified atom stereocenters. The Labute approximate surface area is 121 Å². The number of alkyl halides is 1. The Kier molecular flexibility index (Phi) is 4.44. The highest BCUT2D eigenvalue weighted by Crippen LogP contribution is 2.55. The highest BCUT2D eigenvalue weighted by molar-refractivity contribution is 7.12. The third-order valence-electron chi connectivity index (χ3n) is 4.30. The first kappa shape index (κ1) is 14.4. The SMILES string of the molecule is Cc1cc(C(Cl)C2(CC(C)C)CCCC2)c(C)s1. The molecule has 2 rings (SSSR count). The molecule has 0 aromatic carbocycles. The fraction of sp³-hybridized carbons (Fsp3) is 0.750. The van der Waals surface area contributed by atoms with Gasteiger partial charge in [-0.25, -0.2) is 0 Å². The number of aryl methyl sites for hydroxylation is 2. The van der Waals surface area contributed by atoms with E-state index < -0.39 is 0 Å². The Morgan fingerprint density at radius 3 is 2.33 bits per heavy atom. The van der Waals surface area contributed by atoms with Crippen LogP contribution in [0, 0.1) is 25.2 Å². The zero-order chi connectivity index (χ0) is 13.3. The first-order valence-corrected chi connectivity index (χ1v) is 8.41. The molecule has 1 fully saturated rings. The smallest absolute Gasteiger partial charge is 0.0652 e. The number of hydrogen-bond acceptors (Lipinski definition) is 1. The molecule has 1 aromatic heterocycles. The van der Waals surface area contributed by atoms with Gasteiger partial charge in [0.05, 0.1) is 5.38 Å². The quantitative estimate of drug-likeness (QED) is 0.573. The summed E-state index contributed by atoms with van der Waals surface area (Å²) in [6, 6.07) is 2.32. The van der Waals surface area contributed by atoms with Crippen molar-refractivity contribution in [1.82, 2.24) is 0 Å². The average Bonchev–Trinajstić information content (AvgIpc) is 2.84. The van der Waals surface area contributed by atoms with E-state index in [4.69, 9.17) is 11.6 Å². The minimum atomic E-state index is 0.215. The molecule has 0 amide bonds. The van der Waals surface area contributed by atoms with Gasteiger partial charge in [-0.3, -0.25) is 0 Å². The van der Waals surface area contributed by atoms with E-state index in [0.717, 1.165) is 5.92 Å². The van der Waals surface area contributed by atoms with Crippen LogP contribution in [0.4, 0.5) is 0 Å². The molecule has 0 nitrogen and oxygen atoms in total. The zero-order valence-corrected chi connectivity index (χ0v) is 13.6. The van der Waals surface area contributed by atoms with E-state index >= 15 is 0 Å². The lowest BCUT2D eigenvalue weighted by Crippen LogP contribution is -2.24. The van der Waals surface area contributed by atoms with Crippen molar-refractivity contribution in [1.29, 1.82) is 0 Å². The van der Waals surface area contributed by atoms with Crippen LogP contribution in [-0.2, 0) is 0 Å². The average molecular weight is 285 g/mol. The van der Waals surface area contributed by atoms with Crippen molar-refractivity contribution >= 4 is 22.9 Å². The van der Waals surface area contributed by atoms with Crippen LogP contribution in [0.15, 0.2) is 6.07 Å². The Balaban J connectivity index is 2.28. The molecule has 2 heteroatoms. The molecule has 0 bridgehead atoms. The van der Waals surface area contributed by atoms with E-state index in [-0.39, 0.29) is 5.38 Å². The molecule has 1 aliphatic rings. The normalized spacial score (nSPS) is 20.6. The van der Waals surface area contributed by atoms with Crippen molar-refractivity contribution in [2.24, 2.45) is 11.3 Å². The largest absolute Gasteiger partial charge is 0.146 e. The van der Waals surface area contributed by atoms with Gasteiger partial charge in [0, 0.05) is 9.75 Å². The summed E-state index contributed by atoms with van der Waals surface area (Å²) in [5, 5.41) is 0.215. The standard InChI is InChI=1S/C16H25ClS/c1-11(2)10-16(7-5-6-8-16)15(17)14-9-12(3)18-13(14)4/h9,11,15H,5-8,10H2,1-4H3. The van der Waals surface area contributed by atoms with E-state index in [0.29, 0.717) is 5.41 Å². The minimum Gasteiger partial charge on any atom is -0.146 e. The lowest BCUT2D eigenvalue weighted by atomic mass is 9.73. The number of halogens is 1. The summed E-state index contributed by atoms with van der Waals surface area (Å²) in [6.07, 6.45) is 6.62. The summed E-state index contributed by atoms with van der Waals surface area (Å²) >= 11 is 8.83. The zero-order valence-electron chi connectivity index (χ0n) is 12.1. The van der Waals surface area contributed by atoms with Crippen LogP contribution in [0.5, 0.6) is 0 Å². The summed E-state index contributed by atoms with van der Waals surface area (Å²) in [5.74, 6) is 0.740. The number of hydrogen-bond donors (Lipinski definition) is 0. The van der Waals surface area contributed by atoms with Crippen LogP contribution in [0.25, 0.3) is 0 Å². The molecule has 18 heavy (non-hydrogen) atoms. The van der Waals surface area contributed by atoms with Gasteiger partial charge in [0.25, 0.3) is 0 Å². The molecule has 0 spiro atoms. The van der Waals surface area contributed by atoms with Gasteiger partial charge in [-0.1, -0.05) is 26.7 Å². The number of thiophene rings is 1. The Bertz CT molecular complexity index is 399. The van der Waals surface area contributed by atoms with Gasteiger partial charge in [0.1, 0.15) is 0 Å². The summed E-state index contributed by atoms with van der Waals surface area (Å²) in [4.78, 5) is 2.81. The van der Waals surface area contributed by atoms with Crippen molar-refractivity contribution in [2.75, 3.05) is 0 Å². The van der Waals surface area contributed by atoms with Gasteiger partial charge in [0.15, 0.2) is 0 Å². The predicted molar refractivity (Wildman–Crippen MR) is 82.7 cm³/mol. The van der Waals surface area contributed by atoms with Gasteiger partial charge >= 0.3 is 0 Å². The molecule has 0 aliphatic heterocycles. The second-order valence-electron chi connectivity index (χ2n) is 6.40. The molecular weight excluding hydrogens is 260 g/mol.